The van der Waals surface area contributed by atoms with E-state index in [-0.39, 0.29) is 20.5 Å². The van der Waals surface area contributed by atoms with E-state index in [1.807, 2.05) is 38.1 Å². The van der Waals surface area contributed by atoms with Gasteiger partial charge in [0.1, 0.15) is 16.5 Å². The van der Waals surface area contributed by atoms with Gasteiger partial charge in [-0.05, 0) is 54.8 Å². The van der Waals surface area contributed by atoms with Crippen molar-refractivity contribution < 1.29 is 23.0 Å². The molecule has 3 aromatic rings. The molecule has 0 bridgehead atoms. The average Bonchev–Trinajstić information content (AvgIpc) is 3.22. The Balaban J connectivity index is 1.78. The largest absolute Gasteiger partial charge is 0.435 e. The van der Waals surface area contributed by atoms with Gasteiger partial charge in [-0.25, -0.2) is 0 Å². The molecule has 1 aliphatic rings. The van der Waals surface area contributed by atoms with Gasteiger partial charge in [0.2, 0.25) is 0 Å². The summed E-state index contributed by atoms with van der Waals surface area (Å²) >= 11 is 1.02. The van der Waals surface area contributed by atoms with E-state index < -0.39 is 18.1 Å². The summed E-state index contributed by atoms with van der Waals surface area (Å²) in [6, 6.07) is 13.5. The standard InChI is InChI=1S/C28H28F2N4O4S/c1-18-3-4-19(2)23(15-18)34-26(36)24(16-20-5-7-21(8-6-20)38-28(29)30)39-27(34)22(17-31)25(35)32-9-10-33-11-13-37-14-12-33/h3-8,15-16,28H,9-14H2,1-2H3,(H,32,35). The van der Waals surface area contributed by atoms with Crippen LogP contribution in [-0.4, -0.2) is 61.4 Å². The van der Waals surface area contributed by atoms with E-state index in [1.165, 1.54) is 16.7 Å². The number of thiazole rings is 1. The van der Waals surface area contributed by atoms with E-state index in [0.717, 1.165) is 35.6 Å². The highest BCUT2D eigenvalue weighted by molar-refractivity contribution is 7.07. The normalized spacial score (nSPS) is 15.2. The first kappa shape index (κ1) is 28.2. The lowest BCUT2D eigenvalue weighted by molar-refractivity contribution is -0.115. The first-order chi connectivity index (χ1) is 18.8. The number of benzene rings is 2. The maximum absolute atomic E-state index is 13.7. The Kier molecular flexibility index (Phi) is 9.24. The predicted octanol–water partition coefficient (Wildman–Crippen LogP) is 2.07. The number of amides is 1. The van der Waals surface area contributed by atoms with Crippen molar-refractivity contribution in [2.75, 3.05) is 39.4 Å². The number of ether oxygens (including phenoxy) is 2. The lowest BCUT2D eigenvalue weighted by Gasteiger charge is -2.26. The maximum Gasteiger partial charge on any atom is 0.387 e. The zero-order valence-corrected chi connectivity index (χ0v) is 22.4. The number of carbonyl (C=O) groups is 1. The van der Waals surface area contributed by atoms with Crippen LogP contribution in [0.15, 0.2) is 47.3 Å². The highest BCUT2D eigenvalue weighted by Crippen LogP contribution is 2.16. The first-order valence-corrected chi connectivity index (χ1v) is 13.2. The number of nitriles is 1. The Morgan fingerprint density at radius 3 is 2.59 bits per heavy atom. The third-order valence-electron chi connectivity index (χ3n) is 6.20. The van der Waals surface area contributed by atoms with Crippen molar-refractivity contribution in [1.29, 1.82) is 5.26 Å². The van der Waals surface area contributed by atoms with Crippen molar-refractivity contribution in [3.8, 4) is 17.5 Å². The molecule has 0 atom stereocenters. The molecule has 0 aliphatic carbocycles. The zero-order valence-electron chi connectivity index (χ0n) is 21.6. The van der Waals surface area contributed by atoms with Gasteiger partial charge in [0.25, 0.3) is 11.5 Å². The van der Waals surface area contributed by atoms with Gasteiger partial charge < -0.3 is 14.8 Å². The molecule has 39 heavy (non-hydrogen) atoms. The van der Waals surface area contributed by atoms with Gasteiger partial charge in [0.15, 0.2) is 5.57 Å². The molecule has 1 fully saturated rings. The molecule has 2 heterocycles. The Morgan fingerprint density at radius 1 is 1.21 bits per heavy atom. The predicted molar refractivity (Wildman–Crippen MR) is 145 cm³/mol. The van der Waals surface area contributed by atoms with Crippen LogP contribution in [0.5, 0.6) is 5.75 Å². The summed E-state index contributed by atoms with van der Waals surface area (Å²) in [4.78, 5) is 29.0. The quantitative estimate of drug-likeness (QED) is 0.458. The number of aryl methyl sites for hydroxylation is 2. The van der Waals surface area contributed by atoms with Crippen LogP contribution in [0.4, 0.5) is 8.78 Å². The topological polar surface area (TPSA) is 96.6 Å². The van der Waals surface area contributed by atoms with E-state index in [2.05, 4.69) is 15.0 Å². The number of morpholine rings is 1. The van der Waals surface area contributed by atoms with Crippen molar-refractivity contribution in [3.63, 3.8) is 0 Å². The van der Waals surface area contributed by atoms with Crippen LogP contribution in [0.3, 0.4) is 0 Å². The van der Waals surface area contributed by atoms with Crippen molar-refractivity contribution >= 4 is 28.9 Å². The maximum atomic E-state index is 13.7. The lowest BCUT2D eigenvalue weighted by Crippen LogP contribution is -2.42. The molecule has 0 spiro atoms. The summed E-state index contributed by atoms with van der Waals surface area (Å²) in [5, 5.41) is 12.8. The molecule has 1 aliphatic heterocycles. The number of alkyl halides is 2. The number of nitrogens with one attached hydrogen (secondary N) is 1. The van der Waals surface area contributed by atoms with Crippen LogP contribution >= 0.6 is 11.3 Å². The number of halogens is 2. The van der Waals surface area contributed by atoms with Crippen LogP contribution < -0.4 is 24.8 Å². The van der Waals surface area contributed by atoms with Crippen molar-refractivity contribution in [2.24, 2.45) is 0 Å². The number of nitrogens with zero attached hydrogens (tertiary/aromatic N) is 3. The molecular weight excluding hydrogens is 526 g/mol. The fraction of sp³-hybridized carbons (Fsp3) is 0.321. The van der Waals surface area contributed by atoms with Crippen molar-refractivity contribution in [3.05, 3.63) is 78.7 Å². The minimum atomic E-state index is -2.94. The average molecular weight is 555 g/mol. The summed E-state index contributed by atoms with van der Waals surface area (Å²) in [6.45, 7) is 4.59. The van der Waals surface area contributed by atoms with E-state index in [1.54, 1.807) is 18.2 Å². The first-order valence-electron chi connectivity index (χ1n) is 12.4. The number of hydrogen-bond acceptors (Lipinski definition) is 7. The second-order valence-electron chi connectivity index (χ2n) is 8.99. The molecule has 8 nitrogen and oxygen atoms in total. The smallest absolute Gasteiger partial charge is 0.387 e. The zero-order chi connectivity index (χ0) is 27.9. The number of aromatic nitrogens is 1. The number of carbonyl (C=O) groups excluding carboxylic acids is 1. The molecule has 2 aromatic carbocycles. The monoisotopic (exact) mass is 554 g/mol. The van der Waals surface area contributed by atoms with Gasteiger partial charge >= 0.3 is 6.61 Å². The van der Waals surface area contributed by atoms with Crippen LogP contribution in [-0.2, 0) is 9.53 Å². The van der Waals surface area contributed by atoms with E-state index in [9.17, 15) is 23.6 Å². The number of rotatable bonds is 8. The number of hydrogen-bond donors (Lipinski definition) is 1. The minimum Gasteiger partial charge on any atom is -0.435 e. The van der Waals surface area contributed by atoms with Gasteiger partial charge in [-0.2, -0.15) is 14.0 Å². The molecule has 0 unspecified atom stereocenters. The minimum absolute atomic E-state index is 0.00401. The van der Waals surface area contributed by atoms with Gasteiger partial charge in [0, 0.05) is 26.2 Å². The summed E-state index contributed by atoms with van der Waals surface area (Å²) in [5.41, 5.74) is 2.29. The molecule has 11 heteroatoms. The van der Waals surface area contributed by atoms with E-state index in [0.29, 0.717) is 37.6 Å². The molecule has 0 radical (unpaired) electrons. The second kappa shape index (κ2) is 12.8. The van der Waals surface area contributed by atoms with Crippen LogP contribution in [0, 0.1) is 25.2 Å². The molecular formula is C28H28F2N4O4S. The second-order valence-corrected chi connectivity index (χ2v) is 10.0. The van der Waals surface area contributed by atoms with E-state index >= 15 is 0 Å². The molecule has 1 N–H and O–H groups in total. The fourth-order valence-corrected chi connectivity index (χ4v) is 5.26. The van der Waals surface area contributed by atoms with Crippen LogP contribution in [0.2, 0.25) is 0 Å². The van der Waals surface area contributed by atoms with Crippen molar-refractivity contribution in [2.45, 2.75) is 20.5 Å². The summed E-state index contributed by atoms with van der Waals surface area (Å²) < 4.78 is 36.6. The Morgan fingerprint density at radius 2 is 1.92 bits per heavy atom. The van der Waals surface area contributed by atoms with Gasteiger partial charge in [-0.1, -0.05) is 24.3 Å². The molecule has 4 rings (SSSR count). The Hall–Kier alpha value is -3.85. The van der Waals surface area contributed by atoms with Crippen molar-refractivity contribution in [1.82, 2.24) is 14.8 Å². The van der Waals surface area contributed by atoms with Gasteiger partial charge in [0.05, 0.1) is 23.4 Å². The lowest BCUT2D eigenvalue weighted by atomic mass is 10.1. The molecule has 204 valence electrons. The fourth-order valence-electron chi connectivity index (χ4n) is 4.16. The third-order valence-corrected chi connectivity index (χ3v) is 7.29. The highest BCUT2D eigenvalue weighted by atomic mass is 32.1. The summed E-state index contributed by atoms with van der Waals surface area (Å²) in [6.07, 6.45) is 1.59. The SMILES string of the molecule is Cc1ccc(C)c(-n2c(=C(C#N)C(=O)NCCN3CCOCC3)sc(=Cc3ccc(OC(F)F)cc3)c2=O)c1. The summed E-state index contributed by atoms with van der Waals surface area (Å²) in [5.74, 6) is -0.568. The summed E-state index contributed by atoms with van der Waals surface area (Å²) in [7, 11) is 0. The Bertz CT molecular complexity index is 1550. The molecule has 1 aromatic heterocycles. The van der Waals surface area contributed by atoms with Crippen LogP contribution in [0.25, 0.3) is 17.3 Å². The van der Waals surface area contributed by atoms with Gasteiger partial charge in [-0.15, -0.1) is 11.3 Å². The Labute approximate surface area is 228 Å². The van der Waals surface area contributed by atoms with Gasteiger partial charge in [-0.3, -0.25) is 19.1 Å². The van der Waals surface area contributed by atoms with Crippen LogP contribution in [0.1, 0.15) is 16.7 Å². The molecule has 0 saturated carbocycles. The van der Waals surface area contributed by atoms with E-state index in [4.69, 9.17) is 4.74 Å². The third kappa shape index (κ3) is 6.97. The highest BCUT2D eigenvalue weighted by Gasteiger charge is 2.19. The molecule has 1 amide bonds. The molecule has 1 saturated heterocycles.